The van der Waals surface area contributed by atoms with E-state index in [0.29, 0.717) is 0 Å². The summed E-state index contributed by atoms with van der Waals surface area (Å²) < 4.78 is 2.26. The molecule has 2 nitrogen and oxygen atoms in total. The number of aliphatic hydroxyl groups excluding tert-OH is 1. The molecule has 0 unspecified atom stereocenters. The SMILES string of the molecule is CCn1c(C)cc(/C=C/CO)c1C. The van der Waals surface area contributed by atoms with Crippen LogP contribution < -0.4 is 0 Å². The standard InChI is InChI=1S/C11H17NO/c1-4-12-9(2)8-11(10(12)3)6-5-7-13/h5-6,8,13H,4,7H2,1-3H3/b6-5+. The average Bonchev–Trinajstić information content (AvgIpc) is 2.38. The van der Waals surface area contributed by atoms with Crippen LogP contribution in [0.15, 0.2) is 12.1 Å². The molecule has 0 aliphatic heterocycles. The molecular weight excluding hydrogens is 162 g/mol. The first-order valence-corrected chi connectivity index (χ1v) is 4.64. The molecule has 0 aromatic carbocycles. The van der Waals surface area contributed by atoms with Gasteiger partial charge < -0.3 is 9.67 Å². The summed E-state index contributed by atoms with van der Waals surface area (Å²) in [7, 11) is 0. The Kier molecular flexibility index (Phi) is 3.32. The molecule has 13 heavy (non-hydrogen) atoms. The molecule has 1 rings (SSSR count). The van der Waals surface area contributed by atoms with Crippen molar-refractivity contribution in [3.8, 4) is 0 Å². The van der Waals surface area contributed by atoms with E-state index in [1.54, 1.807) is 6.08 Å². The molecule has 0 fully saturated rings. The predicted molar refractivity (Wildman–Crippen MR) is 55.7 cm³/mol. The second kappa shape index (κ2) is 4.28. The molecule has 1 aromatic heterocycles. The van der Waals surface area contributed by atoms with Gasteiger partial charge in [-0.2, -0.15) is 0 Å². The topological polar surface area (TPSA) is 25.2 Å². The molecule has 0 bridgehead atoms. The van der Waals surface area contributed by atoms with Crippen molar-refractivity contribution < 1.29 is 5.11 Å². The summed E-state index contributed by atoms with van der Waals surface area (Å²) in [4.78, 5) is 0. The summed E-state index contributed by atoms with van der Waals surface area (Å²) in [6, 6.07) is 2.14. The van der Waals surface area contributed by atoms with E-state index in [4.69, 9.17) is 5.11 Å². The zero-order valence-corrected chi connectivity index (χ0v) is 8.54. The maximum absolute atomic E-state index is 8.66. The lowest BCUT2D eigenvalue weighted by Gasteiger charge is -2.04. The van der Waals surface area contributed by atoms with Gasteiger partial charge in [-0.05, 0) is 32.4 Å². The van der Waals surface area contributed by atoms with E-state index in [1.165, 1.54) is 17.0 Å². The fourth-order valence-corrected chi connectivity index (χ4v) is 1.66. The van der Waals surface area contributed by atoms with Gasteiger partial charge in [-0.1, -0.05) is 12.2 Å². The highest BCUT2D eigenvalue weighted by molar-refractivity contribution is 5.53. The van der Waals surface area contributed by atoms with E-state index in [9.17, 15) is 0 Å². The third kappa shape index (κ3) is 2.01. The van der Waals surface area contributed by atoms with Crippen molar-refractivity contribution in [1.29, 1.82) is 0 Å². The van der Waals surface area contributed by atoms with E-state index in [0.717, 1.165) is 6.54 Å². The van der Waals surface area contributed by atoms with E-state index in [-0.39, 0.29) is 6.61 Å². The first kappa shape index (κ1) is 10.1. The lowest BCUT2D eigenvalue weighted by atomic mass is 10.2. The largest absolute Gasteiger partial charge is 0.392 e. The van der Waals surface area contributed by atoms with Crippen molar-refractivity contribution in [3.05, 3.63) is 29.1 Å². The summed E-state index contributed by atoms with van der Waals surface area (Å²) >= 11 is 0. The lowest BCUT2D eigenvalue weighted by molar-refractivity contribution is 0.343. The van der Waals surface area contributed by atoms with Crippen LogP contribution in [0, 0.1) is 13.8 Å². The van der Waals surface area contributed by atoms with Gasteiger partial charge in [-0.3, -0.25) is 0 Å². The van der Waals surface area contributed by atoms with Gasteiger partial charge >= 0.3 is 0 Å². The molecule has 0 aliphatic carbocycles. The number of nitrogens with zero attached hydrogens (tertiary/aromatic N) is 1. The van der Waals surface area contributed by atoms with Crippen molar-refractivity contribution in [2.24, 2.45) is 0 Å². The van der Waals surface area contributed by atoms with Crippen molar-refractivity contribution in [3.63, 3.8) is 0 Å². The number of aryl methyl sites for hydroxylation is 1. The fraction of sp³-hybridized carbons (Fsp3) is 0.455. The number of hydrogen-bond donors (Lipinski definition) is 1. The van der Waals surface area contributed by atoms with E-state index in [2.05, 4.69) is 31.4 Å². The third-order valence-electron chi connectivity index (χ3n) is 2.33. The third-order valence-corrected chi connectivity index (χ3v) is 2.33. The van der Waals surface area contributed by atoms with Crippen molar-refractivity contribution in [2.45, 2.75) is 27.3 Å². The number of hydrogen-bond acceptors (Lipinski definition) is 1. The molecule has 0 aliphatic rings. The molecule has 0 saturated heterocycles. The Bertz CT molecular complexity index is 310. The van der Waals surface area contributed by atoms with Gasteiger partial charge in [0.05, 0.1) is 6.61 Å². The van der Waals surface area contributed by atoms with Gasteiger partial charge in [0.15, 0.2) is 0 Å². The second-order valence-electron chi connectivity index (χ2n) is 3.16. The molecule has 0 atom stereocenters. The Morgan fingerprint density at radius 2 is 2.15 bits per heavy atom. The maximum atomic E-state index is 8.66. The van der Waals surface area contributed by atoms with Crippen molar-refractivity contribution >= 4 is 6.08 Å². The normalized spacial score (nSPS) is 11.4. The molecular formula is C11H17NO. The Morgan fingerprint density at radius 1 is 1.46 bits per heavy atom. The minimum absolute atomic E-state index is 0.107. The number of aromatic nitrogens is 1. The highest BCUT2D eigenvalue weighted by Crippen LogP contribution is 2.15. The van der Waals surface area contributed by atoms with Crippen LogP contribution in [-0.2, 0) is 6.54 Å². The van der Waals surface area contributed by atoms with Crippen LogP contribution in [0.1, 0.15) is 23.9 Å². The minimum Gasteiger partial charge on any atom is -0.392 e. The van der Waals surface area contributed by atoms with Crippen LogP contribution >= 0.6 is 0 Å². The van der Waals surface area contributed by atoms with Crippen molar-refractivity contribution in [1.82, 2.24) is 4.57 Å². The van der Waals surface area contributed by atoms with Gasteiger partial charge in [0.25, 0.3) is 0 Å². The Hall–Kier alpha value is -1.02. The Labute approximate surface area is 79.5 Å². The predicted octanol–water partition coefficient (Wildman–Crippen LogP) is 2.13. The van der Waals surface area contributed by atoms with Gasteiger partial charge in [0, 0.05) is 17.9 Å². The molecule has 0 amide bonds. The van der Waals surface area contributed by atoms with Crippen molar-refractivity contribution in [2.75, 3.05) is 6.61 Å². The van der Waals surface area contributed by atoms with Gasteiger partial charge in [0.2, 0.25) is 0 Å². The van der Waals surface area contributed by atoms with E-state index in [1.807, 2.05) is 6.08 Å². The molecule has 72 valence electrons. The zero-order chi connectivity index (χ0) is 9.84. The van der Waals surface area contributed by atoms with Gasteiger partial charge in [-0.25, -0.2) is 0 Å². The first-order valence-electron chi connectivity index (χ1n) is 4.64. The molecule has 0 spiro atoms. The second-order valence-corrected chi connectivity index (χ2v) is 3.16. The molecule has 0 radical (unpaired) electrons. The Balaban J connectivity index is 3.03. The summed E-state index contributed by atoms with van der Waals surface area (Å²) in [5, 5.41) is 8.66. The zero-order valence-electron chi connectivity index (χ0n) is 8.54. The van der Waals surface area contributed by atoms with E-state index < -0.39 is 0 Å². The van der Waals surface area contributed by atoms with Gasteiger partial charge in [0.1, 0.15) is 0 Å². The van der Waals surface area contributed by atoms with Crippen LogP contribution in [0.4, 0.5) is 0 Å². The van der Waals surface area contributed by atoms with Gasteiger partial charge in [-0.15, -0.1) is 0 Å². The summed E-state index contributed by atoms with van der Waals surface area (Å²) in [6.07, 6.45) is 3.73. The van der Waals surface area contributed by atoms with Crippen LogP contribution in [0.5, 0.6) is 0 Å². The van der Waals surface area contributed by atoms with Crippen LogP contribution in [0.3, 0.4) is 0 Å². The smallest absolute Gasteiger partial charge is 0.0615 e. The van der Waals surface area contributed by atoms with Crippen LogP contribution in [-0.4, -0.2) is 16.3 Å². The van der Waals surface area contributed by atoms with E-state index >= 15 is 0 Å². The lowest BCUT2D eigenvalue weighted by Crippen LogP contribution is -1.98. The minimum atomic E-state index is 0.107. The highest BCUT2D eigenvalue weighted by Gasteiger charge is 2.03. The molecule has 1 heterocycles. The molecule has 2 heteroatoms. The molecule has 1 N–H and O–H groups in total. The molecule has 0 saturated carbocycles. The number of aliphatic hydroxyl groups is 1. The summed E-state index contributed by atoms with van der Waals surface area (Å²) in [5.41, 5.74) is 3.75. The fourth-order valence-electron chi connectivity index (χ4n) is 1.66. The first-order chi connectivity index (χ1) is 6.20. The van der Waals surface area contributed by atoms with Crippen LogP contribution in [0.2, 0.25) is 0 Å². The Morgan fingerprint density at radius 3 is 2.62 bits per heavy atom. The molecule has 1 aromatic rings. The monoisotopic (exact) mass is 179 g/mol. The average molecular weight is 179 g/mol. The maximum Gasteiger partial charge on any atom is 0.0615 e. The number of rotatable bonds is 3. The highest BCUT2D eigenvalue weighted by atomic mass is 16.2. The summed E-state index contributed by atoms with van der Waals surface area (Å²) in [6.45, 7) is 7.46. The summed E-state index contributed by atoms with van der Waals surface area (Å²) in [5.74, 6) is 0. The quantitative estimate of drug-likeness (QED) is 0.755. The van der Waals surface area contributed by atoms with Crippen LogP contribution in [0.25, 0.3) is 6.08 Å².